The number of benzene rings is 6. The molecule has 0 aliphatic carbocycles. The normalized spacial score (nSPS) is 11.2. The summed E-state index contributed by atoms with van der Waals surface area (Å²) >= 11 is 0. The minimum absolute atomic E-state index is 0.248. The van der Waals surface area contributed by atoms with Crippen molar-refractivity contribution in [3.8, 4) is 90.1 Å². The van der Waals surface area contributed by atoms with Crippen molar-refractivity contribution in [2.24, 2.45) is 7.05 Å². The molecule has 0 saturated carbocycles. The fourth-order valence-electron chi connectivity index (χ4n) is 16.3. The van der Waals surface area contributed by atoms with Crippen molar-refractivity contribution in [2.45, 2.75) is 107 Å². The second-order valence-corrected chi connectivity index (χ2v) is 31.9. The second kappa shape index (κ2) is 37.4. The van der Waals surface area contributed by atoms with Crippen LogP contribution in [0, 0.1) is 61.2 Å². The molecule has 0 unspecified atom stereocenters. The van der Waals surface area contributed by atoms with Gasteiger partial charge in [0.25, 0.3) is 0 Å². The van der Waals surface area contributed by atoms with Crippen LogP contribution in [0.5, 0.6) is 0 Å². The molecule has 0 saturated heterocycles. The van der Waals surface area contributed by atoms with Crippen molar-refractivity contribution in [3.05, 3.63) is 407 Å². The first-order valence-electron chi connectivity index (χ1n) is 42.1. The van der Waals surface area contributed by atoms with Crippen LogP contribution in [0.2, 0.25) is 0 Å². The van der Waals surface area contributed by atoms with Gasteiger partial charge in [0, 0.05) is 145 Å². The van der Waals surface area contributed by atoms with E-state index in [-0.39, 0.29) is 5.82 Å². The van der Waals surface area contributed by atoms with E-state index in [1.54, 1.807) is 29.2 Å². The number of nitrogens with zero attached hydrogens (tertiary/aromatic N) is 19. The average molecular weight is 1640 g/mol. The third kappa shape index (κ3) is 18.9. The zero-order valence-electron chi connectivity index (χ0n) is 71.5. The summed E-state index contributed by atoms with van der Waals surface area (Å²) in [6.45, 7) is 16.9. The van der Waals surface area contributed by atoms with E-state index in [0.29, 0.717) is 0 Å². The molecular weight excluding hydrogens is 1550 g/mol. The van der Waals surface area contributed by atoms with Crippen molar-refractivity contribution in [3.63, 3.8) is 0 Å². The van der Waals surface area contributed by atoms with Crippen molar-refractivity contribution >= 4 is 22.6 Å². The summed E-state index contributed by atoms with van der Waals surface area (Å²) in [4.78, 5) is 60.2. The number of hydrogen-bond acceptors (Lipinski definition) is 14. The van der Waals surface area contributed by atoms with E-state index in [4.69, 9.17) is 19.9 Å². The molecule has 0 bridgehead atoms. The van der Waals surface area contributed by atoms with E-state index in [9.17, 15) is 4.39 Å². The SMILES string of the molecule is Cc1cccc(-c2ncc(CCc3nccn4c(-c5ccc(F)cc5)cnc34)cc2C)c1.Cc1cccc(-c2ncc(CCc3nccn4c(-c5ccccc5)cnc34)cc2C)c1.Cc1cccc(-c2ncc(CCc3nccn4c(-c5cccnc5)cnc34)cc2C)c1.Cc1cccc(-c2ncc(CCc3nccn4c(-c5cnn(C)c5)cnc34)cc2C)c1. The van der Waals surface area contributed by atoms with Gasteiger partial charge in [-0.05, 0) is 212 Å². The van der Waals surface area contributed by atoms with Crippen molar-refractivity contribution in [1.82, 2.24) is 92.2 Å². The van der Waals surface area contributed by atoms with Crippen LogP contribution in [0.15, 0.2) is 312 Å². The van der Waals surface area contributed by atoms with Crippen LogP contribution in [0.4, 0.5) is 4.39 Å². The van der Waals surface area contributed by atoms with Crippen molar-refractivity contribution < 1.29 is 4.39 Å². The summed E-state index contributed by atoms with van der Waals surface area (Å²) in [7, 11) is 1.92. The molecule has 125 heavy (non-hydrogen) atoms. The van der Waals surface area contributed by atoms with E-state index in [0.717, 1.165) is 181 Å². The fraction of sp³-hybridized carbons (Fsp3) is 0.162. The number of rotatable bonds is 20. The number of aromatic nitrogens is 19. The third-order valence-corrected chi connectivity index (χ3v) is 22.5. The highest BCUT2D eigenvalue weighted by atomic mass is 19.1. The standard InChI is InChI=1S/C27H23FN4.C27H24N4.C26H23N5.C25H24N6/c1-18-4-3-5-22(14-18)26-19(2)15-20(16-30-26)6-11-24-27-31-17-25(32(27)13-12-29-24)21-7-9-23(28)10-8-21;1-19-7-6-10-23(15-19)26-20(2)16-21(17-29-26)11-12-24-27-30-18-25(31(27)14-13-28-24)22-8-4-3-5-9-22;1-18-5-3-6-21(13-18)25-19(2)14-20(15-29-25)8-9-23-26-30-17-24(31(26)12-11-28-23)22-7-4-10-27-16-22;1-17-5-4-6-20(11-17)24-18(2)12-19(13-27-24)7-8-22-25-28-15-23(31(25)10-9-26-22)21-14-29-30(3)16-21/h3-5,7-10,12-17H,6,11H2,1-2H3;3-10,13-18H,11-12H2,1-2H3;3-7,10-17H,8-9H2,1-2H3;4-6,9-16H,7-8H2,1-3H3. The van der Waals surface area contributed by atoms with Gasteiger partial charge < -0.3 is 0 Å². The number of hydrogen-bond donors (Lipinski definition) is 0. The Kier molecular flexibility index (Phi) is 24.5. The average Bonchev–Trinajstić information content (AvgIpc) is 1.62. The molecule has 0 atom stereocenters. The maximum atomic E-state index is 13.3. The zero-order chi connectivity index (χ0) is 85.9. The van der Waals surface area contributed by atoms with Gasteiger partial charge in [0.15, 0.2) is 22.6 Å². The number of halogens is 1. The Morgan fingerprint density at radius 3 is 0.872 bits per heavy atom. The van der Waals surface area contributed by atoms with Crippen molar-refractivity contribution in [1.29, 1.82) is 0 Å². The Morgan fingerprint density at radius 2 is 0.568 bits per heavy atom. The lowest BCUT2D eigenvalue weighted by molar-refractivity contribution is 0.628. The van der Waals surface area contributed by atoms with Gasteiger partial charge in [0.2, 0.25) is 0 Å². The minimum Gasteiger partial charge on any atom is -0.297 e. The summed E-state index contributed by atoms with van der Waals surface area (Å²) in [5.41, 5.74) is 38.9. The second-order valence-electron chi connectivity index (χ2n) is 31.9. The Bertz CT molecular complexity index is 6990. The first-order chi connectivity index (χ1) is 61.0. The van der Waals surface area contributed by atoms with Crippen LogP contribution in [-0.2, 0) is 58.4 Å². The number of aryl methyl sites for hydroxylation is 17. The highest BCUT2D eigenvalue weighted by Crippen LogP contribution is 2.32. The Morgan fingerprint density at radius 1 is 0.256 bits per heavy atom. The topological polar surface area (TPSA) is 203 Å². The number of fused-ring (bicyclic) bond motifs is 4. The van der Waals surface area contributed by atoms with Gasteiger partial charge >= 0.3 is 0 Å². The highest BCUT2D eigenvalue weighted by molar-refractivity contribution is 5.71. The first-order valence-corrected chi connectivity index (χ1v) is 42.1. The first kappa shape index (κ1) is 82.0. The van der Waals surface area contributed by atoms with Gasteiger partial charge in [-0.2, -0.15) is 5.10 Å². The highest BCUT2D eigenvalue weighted by Gasteiger charge is 2.19. The van der Waals surface area contributed by atoms with Crippen LogP contribution in [0.1, 0.15) is 89.5 Å². The maximum Gasteiger partial charge on any atom is 0.159 e. The molecule has 14 heterocycles. The minimum atomic E-state index is -0.248. The molecule has 0 radical (unpaired) electrons. The van der Waals surface area contributed by atoms with Gasteiger partial charge in [0.1, 0.15) is 5.82 Å². The molecule has 20 rings (SSSR count). The van der Waals surface area contributed by atoms with E-state index in [1.165, 1.54) is 84.5 Å². The predicted octanol–water partition coefficient (Wildman–Crippen LogP) is 21.7. The predicted molar refractivity (Wildman–Crippen MR) is 494 cm³/mol. The van der Waals surface area contributed by atoms with Gasteiger partial charge in [-0.15, -0.1) is 0 Å². The van der Waals surface area contributed by atoms with Gasteiger partial charge in [-0.25, -0.2) is 24.3 Å². The molecule has 20 heteroatoms. The molecule has 0 amide bonds. The number of pyridine rings is 5. The van der Waals surface area contributed by atoms with E-state index in [2.05, 4.69) is 252 Å². The molecule has 0 spiro atoms. The van der Waals surface area contributed by atoms with Gasteiger partial charge in [0.05, 0.1) is 99.3 Å². The van der Waals surface area contributed by atoms with E-state index >= 15 is 0 Å². The van der Waals surface area contributed by atoms with Crippen LogP contribution in [-0.4, -0.2) is 92.2 Å². The van der Waals surface area contributed by atoms with E-state index in [1.807, 2.05) is 153 Å². The molecule has 0 aliphatic rings. The van der Waals surface area contributed by atoms with Gasteiger partial charge in [-0.1, -0.05) is 150 Å². The molecule has 0 N–H and O–H groups in total. The van der Waals surface area contributed by atoms with Gasteiger partial charge in [-0.3, -0.25) is 67.1 Å². The third-order valence-electron chi connectivity index (χ3n) is 22.5. The summed E-state index contributed by atoms with van der Waals surface area (Å²) in [5, 5.41) is 4.27. The zero-order valence-corrected chi connectivity index (χ0v) is 71.5. The molecule has 19 nitrogen and oxygen atoms in total. The fourth-order valence-corrected chi connectivity index (χ4v) is 16.3. The summed E-state index contributed by atoms with van der Waals surface area (Å²) < 4.78 is 23.4. The lowest BCUT2D eigenvalue weighted by atomic mass is 10.0. The molecule has 20 aromatic rings. The number of imidazole rings is 4. The lowest BCUT2D eigenvalue weighted by Gasteiger charge is -2.09. The molecule has 14 aromatic heterocycles. The van der Waals surface area contributed by atoms with Crippen LogP contribution >= 0.6 is 0 Å². The monoisotopic (exact) mass is 1640 g/mol. The van der Waals surface area contributed by atoms with Crippen LogP contribution in [0.3, 0.4) is 0 Å². The van der Waals surface area contributed by atoms with E-state index < -0.39 is 0 Å². The Hall–Kier alpha value is -15.3. The lowest BCUT2D eigenvalue weighted by Crippen LogP contribution is -2.01. The Balaban J connectivity index is 0.000000118. The molecule has 616 valence electrons. The van der Waals surface area contributed by atoms with Crippen molar-refractivity contribution in [2.75, 3.05) is 0 Å². The van der Waals surface area contributed by atoms with Crippen LogP contribution < -0.4 is 0 Å². The van der Waals surface area contributed by atoms with Crippen LogP contribution in [0.25, 0.3) is 113 Å². The molecular formula is C105H94FN19. The smallest absolute Gasteiger partial charge is 0.159 e. The summed E-state index contributed by atoms with van der Waals surface area (Å²) in [6, 6.07) is 63.6. The Labute approximate surface area is 726 Å². The molecule has 6 aromatic carbocycles. The summed E-state index contributed by atoms with van der Waals surface area (Å²) in [5.74, 6) is -0.248. The largest absolute Gasteiger partial charge is 0.297 e. The molecule has 0 aliphatic heterocycles. The summed E-state index contributed by atoms with van der Waals surface area (Å²) in [6.07, 6.45) is 44.7. The maximum absolute atomic E-state index is 13.3. The quantitative estimate of drug-likeness (QED) is 0.0697. The molecule has 0 fully saturated rings.